The number of ether oxygens (including phenoxy) is 2. The van der Waals surface area contributed by atoms with Gasteiger partial charge in [-0.15, -0.1) is 0 Å². The van der Waals surface area contributed by atoms with Gasteiger partial charge in [-0.05, 0) is 21.5 Å². The van der Waals surface area contributed by atoms with Crippen molar-refractivity contribution in [3.8, 4) is 5.75 Å². The van der Waals surface area contributed by atoms with E-state index >= 15 is 4.39 Å². The molecule has 2 saturated heterocycles. The molecule has 0 aromatic heterocycles. The van der Waals surface area contributed by atoms with E-state index in [0.717, 1.165) is 11.3 Å². The predicted molar refractivity (Wildman–Crippen MR) is 137 cm³/mol. The van der Waals surface area contributed by atoms with E-state index in [-0.39, 0.29) is 24.1 Å². The maximum Gasteiger partial charge on any atom is 0.410 e. The van der Waals surface area contributed by atoms with Crippen LogP contribution >= 0.6 is 15.9 Å². The van der Waals surface area contributed by atoms with Crippen LogP contribution in [0.2, 0.25) is 0 Å². The third-order valence-corrected chi connectivity index (χ3v) is 7.42. The Morgan fingerprint density at radius 3 is 2.39 bits per heavy atom. The van der Waals surface area contributed by atoms with Gasteiger partial charge in [0.1, 0.15) is 12.3 Å². The fourth-order valence-corrected chi connectivity index (χ4v) is 5.27. The highest BCUT2D eigenvalue weighted by Gasteiger charge is 2.38. The number of nitrogens with zero attached hydrogens (tertiary/aromatic N) is 4. The van der Waals surface area contributed by atoms with Gasteiger partial charge in [0.15, 0.2) is 5.75 Å². The van der Waals surface area contributed by atoms with Crippen molar-refractivity contribution >= 4 is 33.4 Å². The van der Waals surface area contributed by atoms with E-state index in [9.17, 15) is 14.9 Å². The van der Waals surface area contributed by atoms with E-state index in [1.54, 1.807) is 11.0 Å². The number of halogens is 2. The highest BCUT2D eigenvalue weighted by atomic mass is 79.9. The molecule has 0 radical (unpaired) electrons. The average Bonchev–Trinajstić information content (AvgIpc) is 2.88. The number of hydrogen-bond acceptors (Lipinski definition) is 7. The zero-order valence-electron chi connectivity index (χ0n) is 20.2. The van der Waals surface area contributed by atoms with E-state index in [1.165, 1.54) is 13.2 Å². The number of amides is 1. The Morgan fingerprint density at radius 1 is 1.11 bits per heavy atom. The minimum absolute atomic E-state index is 0.118. The molecule has 0 atom stereocenters. The first kappa shape index (κ1) is 26.2. The molecule has 2 aliphatic heterocycles. The number of carbonyl (C=O) groups excluding carboxylic acids is 1. The monoisotopic (exact) mass is 564 g/mol. The van der Waals surface area contributed by atoms with Gasteiger partial charge < -0.3 is 19.3 Å². The van der Waals surface area contributed by atoms with Crippen LogP contribution in [0.25, 0.3) is 0 Å². The minimum Gasteiger partial charge on any atom is -0.490 e. The highest BCUT2D eigenvalue weighted by molar-refractivity contribution is 9.10. The first-order valence-corrected chi connectivity index (χ1v) is 12.7. The summed E-state index contributed by atoms with van der Waals surface area (Å²) in [5.74, 6) is 0.176. The lowest BCUT2D eigenvalue weighted by Gasteiger charge is -2.42. The van der Waals surface area contributed by atoms with Gasteiger partial charge in [-0.2, -0.15) is 0 Å². The molecule has 11 heteroatoms. The van der Waals surface area contributed by atoms with E-state index < -0.39 is 10.6 Å². The van der Waals surface area contributed by atoms with Crippen molar-refractivity contribution in [2.75, 3.05) is 57.8 Å². The number of piperidine rings is 1. The van der Waals surface area contributed by atoms with E-state index in [1.807, 2.05) is 35.2 Å². The molecule has 9 nitrogen and oxygen atoms in total. The molecule has 0 unspecified atom stereocenters. The van der Waals surface area contributed by atoms with Crippen molar-refractivity contribution in [3.05, 3.63) is 62.6 Å². The van der Waals surface area contributed by atoms with Crippen LogP contribution in [0.4, 0.5) is 20.6 Å². The van der Waals surface area contributed by atoms with Crippen LogP contribution in [0.3, 0.4) is 0 Å². The largest absolute Gasteiger partial charge is 0.490 e. The summed E-state index contributed by atoms with van der Waals surface area (Å²) in [5.41, 5.74) is 0.244. The van der Waals surface area contributed by atoms with Crippen molar-refractivity contribution in [2.45, 2.75) is 25.1 Å². The van der Waals surface area contributed by atoms with Crippen LogP contribution in [0.1, 0.15) is 18.4 Å². The van der Waals surface area contributed by atoms with Crippen molar-refractivity contribution in [2.24, 2.45) is 0 Å². The standard InChI is InChI=1S/C25H30BrFN4O5/c1-35-23-16-21(20(26)15-22(23)31(33)34)29-9-7-25(27,8-10-29)18-28-11-13-30(14-12-28)24(32)36-17-19-5-3-2-4-6-19/h2-6,15-16H,7-14,17-18H2,1H3. The van der Waals surface area contributed by atoms with Crippen LogP contribution < -0.4 is 9.64 Å². The maximum absolute atomic E-state index is 15.7. The summed E-state index contributed by atoms with van der Waals surface area (Å²) in [6.45, 7) is 3.74. The van der Waals surface area contributed by atoms with Gasteiger partial charge in [-0.25, -0.2) is 9.18 Å². The second kappa shape index (κ2) is 11.4. The van der Waals surface area contributed by atoms with Crippen LogP contribution in [0, 0.1) is 10.1 Å². The number of methoxy groups -OCH3 is 1. The Kier molecular flexibility index (Phi) is 8.30. The molecule has 0 saturated carbocycles. The van der Waals surface area contributed by atoms with Crippen molar-refractivity contribution in [3.63, 3.8) is 0 Å². The minimum atomic E-state index is -1.33. The van der Waals surface area contributed by atoms with E-state index in [4.69, 9.17) is 9.47 Å². The molecule has 2 fully saturated rings. The molecule has 2 aromatic rings. The number of hydrogen-bond donors (Lipinski definition) is 0. The molecule has 0 aliphatic carbocycles. The Labute approximate surface area is 218 Å². The third kappa shape index (κ3) is 6.25. The lowest BCUT2D eigenvalue weighted by Crippen LogP contribution is -2.54. The Hall–Kier alpha value is -2.92. The number of piperazine rings is 1. The predicted octanol–water partition coefficient (Wildman–Crippen LogP) is 4.63. The normalized spacial score (nSPS) is 18.1. The molecule has 0 spiro atoms. The second-order valence-corrected chi connectivity index (χ2v) is 10.0. The first-order valence-electron chi connectivity index (χ1n) is 11.9. The van der Waals surface area contributed by atoms with Crippen LogP contribution in [0.5, 0.6) is 5.75 Å². The Morgan fingerprint density at radius 2 is 1.78 bits per heavy atom. The topological polar surface area (TPSA) is 88.4 Å². The fraction of sp³-hybridized carbons (Fsp3) is 0.480. The van der Waals surface area contributed by atoms with Gasteiger partial charge in [0.2, 0.25) is 0 Å². The quantitative estimate of drug-likeness (QED) is 0.358. The number of nitro groups is 1. The van der Waals surface area contributed by atoms with Gasteiger partial charge in [0, 0.05) is 75.3 Å². The number of benzene rings is 2. The summed E-state index contributed by atoms with van der Waals surface area (Å²) in [4.78, 5) is 28.9. The summed E-state index contributed by atoms with van der Waals surface area (Å²) >= 11 is 3.42. The smallest absolute Gasteiger partial charge is 0.410 e. The summed E-state index contributed by atoms with van der Waals surface area (Å²) < 4.78 is 26.9. The molecule has 0 N–H and O–H groups in total. The molecular weight excluding hydrogens is 535 g/mol. The molecule has 0 bridgehead atoms. The SMILES string of the molecule is COc1cc(N2CCC(F)(CN3CCN(C(=O)OCc4ccccc4)CC3)CC2)c(Br)cc1[N+](=O)[O-]. The highest BCUT2D eigenvalue weighted by Crippen LogP contribution is 2.40. The van der Waals surface area contributed by atoms with E-state index in [0.29, 0.717) is 63.1 Å². The third-order valence-electron chi connectivity index (χ3n) is 6.79. The molecule has 4 rings (SSSR count). The second-order valence-electron chi connectivity index (χ2n) is 9.17. The lowest BCUT2D eigenvalue weighted by molar-refractivity contribution is -0.385. The molecule has 1 amide bonds. The van der Waals surface area contributed by atoms with Crippen LogP contribution in [-0.4, -0.2) is 79.4 Å². The zero-order valence-corrected chi connectivity index (χ0v) is 21.8. The summed E-state index contributed by atoms with van der Waals surface area (Å²) in [6, 6.07) is 12.6. The Bertz CT molecular complexity index is 1070. The van der Waals surface area contributed by atoms with Gasteiger partial charge in [-0.3, -0.25) is 15.0 Å². The molecule has 2 aliphatic rings. The summed E-state index contributed by atoms with van der Waals surface area (Å²) in [5, 5.41) is 11.3. The van der Waals surface area contributed by atoms with Crippen LogP contribution in [-0.2, 0) is 11.3 Å². The molecule has 2 heterocycles. The lowest BCUT2D eigenvalue weighted by atomic mass is 9.92. The van der Waals surface area contributed by atoms with Crippen molar-refractivity contribution < 1.29 is 23.6 Å². The first-order chi connectivity index (χ1) is 17.3. The molecule has 194 valence electrons. The number of rotatable bonds is 7. The van der Waals surface area contributed by atoms with Gasteiger partial charge >= 0.3 is 11.8 Å². The van der Waals surface area contributed by atoms with Gasteiger partial charge in [-0.1, -0.05) is 30.3 Å². The number of alkyl halides is 1. The van der Waals surface area contributed by atoms with Gasteiger partial charge in [0.05, 0.1) is 17.7 Å². The number of nitro benzene ring substituents is 1. The van der Waals surface area contributed by atoms with E-state index in [2.05, 4.69) is 20.8 Å². The maximum atomic E-state index is 15.7. The fourth-order valence-electron chi connectivity index (χ4n) is 4.69. The number of carbonyl (C=O) groups is 1. The van der Waals surface area contributed by atoms with Crippen molar-refractivity contribution in [1.29, 1.82) is 0 Å². The summed E-state index contributed by atoms with van der Waals surface area (Å²) in [6.07, 6.45) is 0.349. The molecular formula is C25H30BrFN4O5. The molecule has 2 aromatic carbocycles. The number of anilines is 1. The Balaban J connectivity index is 1.26. The zero-order chi connectivity index (χ0) is 25.7. The van der Waals surface area contributed by atoms with Crippen LogP contribution in [0.15, 0.2) is 46.9 Å². The molecule has 36 heavy (non-hydrogen) atoms. The van der Waals surface area contributed by atoms with Gasteiger partial charge in [0.25, 0.3) is 0 Å². The average molecular weight is 565 g/mol. The summed E-state index contributed by atoms with van der Waals surface area (Å²) in [7, 11) is 1.39. The van der Waals surface area contributed by atoms with Crippen molar-refractivity contribution in [1.82, 2.24) is 9.80 Å².